The lowest BCUT2D eigenvalue weighted by molar-refractivity contribution is -0.145. The van der Waals surface area contributed by atoms with Gasteiger partial charge in [-0.15, -0.1) is 12.4 Å². The lowest BCUT2D eigenvalue weighted by Crippen LogP contribution is -2.35. The molecule has 1 saturated carbocycles. The van der Waals surface area contributed by atoms with Crippen molar-refractivity contribution in [3.63, 3.8) is 0 Å². The van der Waals surface area contributed by atoms with Gasteiger partial charge in [-0.25, -0.2) is 0 Å². The zero-order valence-electron chi connectivity index (χ0n) is 9.74. The minimum atomic E-state index is -0.137. The fraction of sp³-hybridized carbons (Fsp3) is 0.750. The monoisotopic (exact) mass is 247 g/mol. The summed E-state index contributed by atoms with van der Waals surface area (Å²) in [6, 6.07) is 0. The first-order valence-corrected chi connectivity index (χ1v) is 5.69. The summed E-state index contributed by atoms with van der Waals surface area (Å²) in [6.45, 7) is 4.41. The molecule has 0 amide bonds. The second kappa shape index (κ2) is 7.69. The molecule has 1 fully saturated rings. The van der Waals surface area contributed by atoms with E-state index in [0.717, 1.165) is 12.8 Å². The van der Waals surface area contributed by atoms with E-state index >= 15 is 0 Å². The molecular formula is C12H22ClNO2. The molecular weight excluding hydrogens is 226 g/mol. The molecule has 0 spiro atoms. The van der Waals surface area contributed by atoms with Crippen molar-refractivity contribution in [3.8, 4) is 0 Å². The second-order valence-electron chi connectivity index (χ2n) is 4.41. The van der Waals surface area contributed by atoms with Gasteiger partial charge in [0.15, 0.2) is 0 Å². The first-order valence-electron chi connectivity index (χ1n) is 5.69. The van der Waals surface area contributed by atoms with E-state index < -0.39 is 0 Å². The van der Waals surface area contributed by atoms with Gasteiger partial charge in [0.05, 0.1) is 6.42 Å². The van der Waals surface area contributed by atoms with Crippen LogP contribution in [0.15, 0.2) is 12.7 Å². The maximum Gasteiger partial charge on any atom is 0.306 e. The molecule has 0 aromatic heterocycles. The normalized spacial score (nSPS) is 18.3. The van der Waals surface area contributed by atoms with E-state index in [2.05, 4.69) is 6.58 Å². The van der Waals surface area contributed by atoms with E-state index in [1.807, 2.05) is 0 Å². The average molecular weight is 248 g/mol. The molecule has 0 unspecified atom stereocenters. The first-order chi connectivity index (χ1) is 7.22. The molecule has 1 rings (SSSR count). The third-order valence-corrected chi connectivity index (χ3v) is 3.23. The van der Waals surface area contributed by atoms with Crippen molar-refractivity contribution in [3.05, 3.63) is 12.7 Å². The molecule has 94 valence electrons. The molecule has 4 heteroatoms. The predicted molar refractivity (Wildman–Crippen MR) is 67.6 cm³/mol. The Balaban J connectivity index is 0.00000225. The maximum atomic E-state index is 11.5. The summed E-state index contributed by atoms with van der Waals surface area (Å²) >= 11 is 0. The summed E-state index contributed by atoms with van der Waals surface area (Å²) < 4.78 is 5.01. The highest BCUT2D eigenvalue weighted by atomic mass is 35.5. The van der Waals surface area contributed by atoms with Gasteiger partial charge >= 0.3 is 5.97 Å². The molecule has 0 aromatic rings. The molecule has 2 N–H and O–H groups in total. The van der Waals surface area contributed by atoms with Crippen LogP contribution in [0.4, 0.5) is 0 Å². The molecule has 1 aliphatic carbocycles. The molecule has 0 saturated heterocycles. The van der Waals surface area contributed by atoms with Crippen LogP contribution in [0, 0.1) is 5.41 Å². The minimum absolute atomic E-state index is 0. The van der Waals surface area contributed by atoms with Crippen LogP contribution in [0.3, 0.4) is 0 Å². The van der Waals surface area contributed by atoms with Crippen molar-refractivity contribution < 1.29 is 9.53 Å². The highest BCUT2D eigenvalue weighted by Gasteiger charge is 2.33. The number of carbonyl (C=O) groups excluding carboxylic acids is 1. The lowest BCUT2D eigenvalue weighted by atomic mass is 9.72. The van der Waals surface area contributed by atoms with E-state index in [-0.39, 0.29) is 23.8 Å². The van der Waals surface area contributed by atoms with Gasteiger partial charge in [0.1, 0.15) is 6.61 Å². The molecule has 1 aliphatic rings. The largest absolute Gasteiger partial charge is 0.461 e. The number of carbonyl (C=O) groups is 1. The molecule has 3 nitrogen and oxygen atoms in total. The van der Waals surface area contributed by atoms with Crippen molar-refractivity contribution in [1.82, 2.24) is 0 Å². The molecule has 0 aromatic carbocycles. The molecule has 0 aliphatic heterocycles. The average Bonchev–Trinajstić information content (AvgIpc) is 2.27. The SMILES string of the molecule is C=CCOC(=O)CC1(CN)CCCCC1.Cl. The summed E-state index contributed by atoms with van der Waals surface area (Å²) in [6.07, 6.45) is 7.83. The highest BCUT2D eigenvalue weighted by molar-refractivity contribution is 5.85. The number of halogens is 1. The van der Waals surface area contributed by atoms with Crippen molar-refractivity contribution in [2.24, 2.45) is 11.1 Å². The Morgan fingerprint density at radius 1 is 1.38 bits per heavy atom. The molecule has 0 bridgehead atoms. The van der Waals surface area contributed by atoms with Gasteiger partial charge in [-0.05, 0) is 24.8 Å². The molecule has 0 heterocycles. The summed E-state index contributed by atoms with van der Waals surface area (Å²) in [5.74, 6) is -0.137. The number of nitrogens with two attached hydrogens (primary N) is 1. The third kappa shape index (κ3) is 4.54. The summed E-state index contributed by atoms with van der Waals surface area (Å²) in [5, 5.41) is 0. The predicted octanol–water partition coefficient (Wildman–Crippen LogP) is 2.44. The van der Waals surface area contributed by atoms with Gasteiger partial charge in [-0.2, -0.15) is 0 Å². The molecule has 16 heavy (non-hydrogen) atoms. The van der Waals surface area contributed by atoms with E-state index in [1.165, 1.54) is 19.3 Å². The minimum Gasteiger partial charge on any atom is -0.461 e. The number of ether oxygens (including phenoxy) is 1. The quantitative estimate of drug-likeness (QED) is 0.600. The number of hydrogen-bond donors (Lipinski definition) is 1. The van der Waals surface area contributed by atoms with E-state index in [9.17, 15) is 4.79 Å². The maximum absolute atomic E-state index is 11.5. The topological polar surface area (TPSA) is 52.3 Å². The van der Waals surface area contributed by atoms with Gasteiger partial charge < -0.3 is 10.5 Å². The van der Waals surface area contributed by atoms with Crippen LogP contribution in [-0.2, 0) is 9.53 Å². The van der Waals surface area contributed by atoms with Crippen LogP contribution in [0.2, 0.25) is 0 Å². The smallest absolute Gasteiger partial charge is 0.306 e. The Bertz CT molecular complexity index is 225. The molecule has 0 radical (unpaired) electrons. The number of rotatable bonds is 5. The van der Waals surface area contributed by atoms with Crippen LogP contribution >= 0.6 is 12.4 Å². The second-order valence-corrected chi connectivity index (χ2v) is 4.41. The van der Waals surface area contributed by atoms with Crippen LogP contribution in [0.5, 0.6) is 0 Å². The van der Waals surface area contributed by atoms with Gasteiger partial charge in [-0.1, -0.05) is 31.9 Å². The van der Waals surface area contributed by atoms with Crippen LogP contribution in [0.25, 0.3) is 0 Å². The van der Waals surface area contributed by atoms with Crippen molar-refractivity contribution in [2.45, 2.75) is 38.5 Å². The fourth-order valence-electron chi connectivity index (χ4n) is 2.26. The first kappa shape index (κ1) is 15.5. The number of esters is 1. The van der Waals surface area contributed by atoms with Crippen LogP contribution in [-0.4, -0.2) is 19.1 Å². The Morgan fingerprint density at radius 3 is 2.50 bits per heavy atom. The summed E-state index contributed by atoms with van der Waals surface area (Å²) in [5.41, 5.74) is 5.80. The van der Waals surface area contributed by atoms with Crippen molar-refractivity contribution in [2.75, 3.05) is 13.2 Å². The van der Waals surface area contributed by atoms with Crippen molar-refractivity contribution >= 4 is 18.4 Å². The highest BCUT2D eigenvalue weighted by Crippen LogP contribution is 2.38. The lowest BCUT2D eigenvalue weighted by Gasteiger charge is -2.35. The fourth-order valence-corrected chi connectivity index (χ4v) is 2.26. The van der Waals surface area contributed by atoms with Crippen LogP contribution < -0.4 is 5.73 Å². The standard InChI is InChI=1S/C12H21NO2.ClH/c1-2-8-15-11(14)9-12(10-13)6-4-3-5-7-12;/h2H,1,3-10,13H2;1H. The Hall–Kier alpha value is -0.540. The van der Waals surface area contributed by atoms with Gasteiger partial charge in [-0.3, -0.25) is 4.79 Å². The van der Waals surface area contributed by atoms with Gasteiger partial charge in [0, 0.05) is 0 Å². The number of hydrogen-bond acceptors (Lipinski definition) is 3. The van der Waals surface area contributed by atoms with E-state index in [1.54, 1.807) is 6.08 Å². The Labute approximate surface area is 104 Å². The molecule has 0 atom stereocenters. The van der Waals surface area contributed by atoms with E-state index in [0.29, 0.717) is 19.6 Å². The van der Waals surface area contributed by atoms with Gasteiger partial charge in [0.2, 0.25) is 0 Å². The summed E-state index contributed by atoms with van der Waals surface area (Å²) in [7, 11) is 0. The van der Waals surface area contributed by atoms with Crippen molar-refractivity contribution in [1.29, 1.82) is 0 Å². The zero-order valence-corrected chi connectivity index (χ0v) is 10.6. The Kier molecular flexibility index (Phi) is 7.43. The van der Waals surface area contributed by atoms with Gasteiger partial charge in [0.25, 0.3) is 0 Å². The Morgan fingerprint density at radius 2 is 2.00 bits per heavy atom. The summed E-state index contributed by atoms with van der Waals surface area (Å²) in [4.78, 5) is 11.5. The van der Waals surface area contributed by atoms with Crippen LogP contribution in [0.1, 0.15) is 38.5 Å². The third-order valence-electron chi connectivity index (χ3n) is 3.23. The van der Waals surface area contributed by atoms with E-state index in [4.69, 9.17) is 10.5 Å². The zero-order chi connectivity index (χ0) is 11.1.